The van der Waals surface area contributed by atoms with Crippen LogP contribution in [0.1, 0.15) is 35.9 Å². The molecule has 0 spiro atoms. The van der Waals surface area contributed by atoms with Gasteiger partial charge in [0.05, 0.1) is 4.92 Å². The minimum absolute atomic E-state index is 0.0814. The minimum atomic E-state index is -1.17. The van der Waals surface area contributed by atoms with Gasteiger partial charge in [0.2, 0.25) is 5.76 Å². The smallest absolute Gasteiger partial charge is 0.372 e. The number of nitro benzene ring substituents is 1. The summed E-state index contributed by atoms with van der Waals surface area (Å²) in [6, 6.07) is 4.06. The van der Waals surface area contributed by atoms with Crippen molar-refractivity contribution in [2.24, 2.45) is 0 Å². The van der Waals surface area contributed by atoms with Crippen LogP contribution in [0.4, 0.5) is 5.69 Å². The molecule has 1 heterocycles. The van der Waals surface area contributed by atoms with Crippen LogP contribution in [-0.4, -0.2) is 16.0 Å². The van der Waals surface area contributed by atoms with Crippen LogP contribution < -0.4 is 0 Å². The van der Waals surface area contributed by atoms with Crippen molar-refractivity contribution >= 4 is 22.6 Å². The van der Waals surface area contributed by atoms with Crippen LogP contribution in [0.25, 0.3) is 11.0 Å². The first-order chi connectivity index (χ1) is 8.41. The first-order valence-corrected chi connectivity index (χ1v) is 5.36. The number of carbonyl (C=O) groups is 1. The summed E-state index contributed by atoms with van der Waals surface area (Å²) in [5, 5.41) is 20.3. The number of nitro groups is 1. The molecule has 0 atom stereocenters. The molecule has 6 heteroatoms. The van der Waals surface area contributed by atoms with Crippen LogP contribution in [0.3, 0.4) is 0 Å². The Labute approximate surface area is 102 Å². The third kappa shape index (κ3) is 1.81. The van der Waals surface area contributed by atoms with Crippen molar-refractivity contribution < 1.29 is 19.2 Å². The standard InChI is InChI=1S/C12H11NO5/c1-6(2)10-8-5-7(13(16)17)3-4-9(8)18-11(10)12(14)15/h3-6H,1-2H3,(H,14,15). The molecule has 0 aliphatic heterocycles. The average Bonchev–Trinajstić information content (AvgIpc) is 2.66. The van der Waals surface area contributed by atoms with Crippen LogP contribution in [0.5, 0.6) is 0 Å². The van der Waals surface area contributed by atoms with Gasteiger partial charge < -0.3 is 9.52 Å². The fourth-order valence-corrected chi connectivity index (χ4v) is 1.95. The third-order valence-electron chi connectivity index (χ3n) is 2.69. The summed E-state index contributed by atoms with van der Waals surface area (Å²) in [6.45, 7) is 3.63. The average molecular weight is 249 g/mol. The Morgan fingerprint density at radius 2 is 2.11 bits per heavy atom. The van der Waals surface area contributed by atoms with Crippen molar-refractivity contribution in [2.45, 2.75) is 19.8 Å². The number of non-ortho nitro benzene ring substituents is 1. The topological polar surface area (TPSA) is 93.6 Å². The van der Waals surface area contributed by atoms with Gasteiger partial charge in [-0.15, -0.1) is 0 Å². The molecule has 18 heavy (non-hydrogen) atoms. The Hall–Kier alpha value is -2.37. The number of hydrogen-bond acceptors (Lipinski definition) is 4. The predicted molar refractivity (Wildman–Crippen MR) is 63.9 cm³/mol. The number of carboxylic acid groups (broad SMARTS) is 1. The maximum atomic E-state index is 11.1. The summed E-state index contributed by atoms with van der Waals surface area (Å²) in [5.41, 5.74) is 0.755. The van der Waals surface area contributed by atoms with Crippen molar-refractivity contribution in [1.82, 2.24) is 0 Å². The van der Waals surface area contributed by atoms with Gasteiger partial charge in [-0.2, -0.15) is 0 Å². The molecule has 0 amide bonds. The molecule has 2 rings (SSSR count). The first-order valence-electron chi connectivity index (χ1n) is 5.36. The maximum absolute atomic E-state index is 11.1. The second-order valence-corrected chi connectivity index (χ2v) is 4.24. The van der Waals surface area contributed by atoms with Crippen molar-refractivity contribution in [3.63, 3.8) is 0 Å². The molecule has 0 aliphatic carbocycles. The molecule has 1 aromatic carbocycles. The van der Waals surface area contributed by atoms with E-state index in [9.17, 15) is 14.9 Å². The lowest BCUT2D eigenvalue weighted by atomic mass is 9.99. The highest BCUT2D eigenvalue weighted by atomic mass is 16.6. The second-order valence-electron chi connectivity index (χ2n) is 4.24. The number of rotatable bonds is 3. The van der Waals surface area contributed by atoms with Crippen molar-refractivity contribution in [3.05, 3.63) is 39.6 Å². The van der Waals surface area contributed by atoms with E-state index in [-0.39, 0.29) is 17.4 Å². The molecule has 2 aromatic rings. The lowest BCUT2D eigenvalue weighted by molar-refractivity contribution is -0.384. The van der Waals surface area contributed by atoms with E-state index in [2.05, 4.69) is 0 Å². The number of nitrogens with zero attached hydrogens (tertiary/aromatic N) is 1. The molecule has 94 valence electrons. The largest absolute Gasteiger partial charge is 0.475 e. The first kappa shape index (κ1) is 12.1. The zero-order valence-corrected chi connectivity index (χ0v) is 9.84. The molecular weight excluding hydrogens is 238 g/mol. The van der Waals surface area contributed by atoms with Gasteiger partial charge in [0.25, 0.3) is 5.69 Å². The van der Waals surface area contributed by atoms with Gasteiger partial charge in [-0.25, -0.2) is 4.79 Å². The van der Waals surface area contributed by atoms with Gasteiger partial charge in [-0.3, -0.25) is 10.1 Å². The normalized spacial score (nSPS) is 11.1. The number of furan rings is 1. The summed E-state index contributed by atoms with van der Waals surface area (Å²) in [7, 11) is 0. The number of hydrogen-bond donors (Lipinski definition) is 1. The fourth-order valence-electron chi connectivity index (χ4n) is 1.95. The van der Waals surface area contributed by atoms with Gasteiger partial charge in [-0.05, 0) is 12.0 Å². The van der Waals surface area contributed by atoms with E-state index in [0.29, 0.717) is 16.5 Å². The van der Waals surface area contributed by atoms with E-state index in [1.165, 1.54) is 18.2 Å². The van der Waals surface area contributed by atoms with Gasteiger partial charge in [-0.1, -0.05) is 13.8 Å². The van der Waals surface area contributed by atoms with Crippen LogP contribution in [0.15, 0.2) is 22.6 Å². The summed E-state index contributed by atoms with van der Waals surface area (Å²) >= 11 is 0. The Balaban J connectivity index is 2.79. The Bertz CT molecular complexity index is 641. The lowest BCUT2D eigenvalue weighted by Gasteiger charge is -2.02. The Morgan fingerprint density at radius 1 is 1.44 bits per heavy atom. The highest BCUT2D eigenvalue weighted by Gasteiger charge is 2.23. The molecule has 0 radical (unpaired) electrons. The van der Waals surface area contributed by atoms with Crippen molar-refractivity contribution in [2.75, 3.05) is 0 Å². The summed E-state index contributed by atoms with van der Waals surface area (Å²) in [6.07, 6.45) is 0. The molecule has 1 N–H and O–H groups in total. The van der Waals surface area contributed by atoms with E-state index in [1.807, 2.05) is 13.8 Å². The number of fused-ring (bicyclic) bond motifs is 1. The number of aromatic carboxylic acids is 1. The summed E-state index contributed by atoms with van der Waals surface area (Å²) < 4.78 is 5.23. The molecule has 0 bridgehead atoms. The molecule has 0 saturated carbocycles. The predicted octanol–water partition coefficient (Wildman–Crippen LogP) is 3.16. The minimum Gasteiger partial charge on any atom is -0.475 e. The monoisotopic (exact) mass is 249 g/mol. The molecule has 1 aromatic heterocycles. The van der Waals surface area contributed by atoms with Crippen LogP contribution in [0, 0.1) is 10.1 Å². The van der Waals surface area contributed by atoms with E-state index < -0.39 is 10.9 Å². The van der Waals surface area contributed by atoms with Gasteiger partial charge in [0.1, 0.15) is 5.58 Å². The highest BCUT2D eigenvalue weighted by Crippen LogP contribution is 2.34. The van der Waals surface area contributed by atoms with Crippen LogP contribution in [-0.2, 0) is 0 Å². The molecular formula is C12H11NO5. The van der Waals surface area contributed by atoms with Crippen LogP contribution in [0.2, 0.25) is 0 Å². The third-order valence-corrected chi connectivity index (χ3v) is 2.69. The zero-order valence-electron chi connectivity index (χ0n) is 9.84. The quantitative estimate of drug-likeness (QED) is 0.666. The Kier molecular flexibility index (Phi) is 2.78. The van der Waals surface area contributed by atoms with Gasteiger partial charge >= 0.3 is 5.97 Å². The highest BCUT2D eigenvalue weighted by molar-refractivity contribution is 5.96. The molecule has 0 aliphatic rings. The molecule has 6 nitrogen and oxygen atoms in total. The second kappa shape index (κ2) is 4.14. The van der Waals surface area contributed by atoms with E-state index in [1.54, 1.807) is 0 Å². The number of carboxylic acids is 1. The van der Waals surface area contributed by atoms with Gasteiger partial charge in [0.15, 0.2) is 0 Å². The molecule has 0 unspecified atom stereocenters. The van der Waals surface area contributed by atoms with E-state index >= 15 is 0 Å². The zero-order chi connectivity index (χ0) is 13.4. The van der Waals surface area contributed by atoms with E-state index in [0.717, 1.165) is 0 Å². The molecule has 0 saturated heterocycles. The number of benzene rings is 1. The summed E-state index contributed by atoms with van der Waals surface area (Å²) in [4.78, 5) is 21.3. The van der Waals surface area contributed by atoms with Crippen LogP contribution >= 0.6 is 0 Å². The van der Waals surface area contributed by atoms with Crippen molar-refractivity contribution in [3.8, 4) is 0 Å². The SMILES string of the molecule is CC(C)c1c(C(=O)O)oc2ccc([N+](=O)[O-])cc12. The van der Waals surface area contributed by atoms with Gasteiger partial charge in [0, 0.05) is 23.1 Å². The van der Waals surface area contributed by atoms with E-state index in [4.69, 9.17) is 9.52 Å². The maximum Gasteiger partial charge on any atom is 0.372 e. The fraction of sp³-hybridized carbons (Fsp3) is 0.250. The van der Waals surface area contributed by atoms with Crippen molar-refractivity contribution in [1.29, 1.82) is 0 Å². The molecule has 0 fully saturated rings. The Morgan fingerprint density at radius 3 is 2.61 bits per heavy atom. The summed E-state index contributed by atoms with van der Waals surface area (Å²) in [5.74, 6) is -1.42. The lowest BCUT2D eigenvalue weighted by Crippen LogP contribution is -2.00.